The lowest BCUT2D eigenvalue weighted by Gasteiger charge is -2.28. The van der Waals surface area contributed by atoms with E-state index in [1.165, 1.54) is 0 Å². The predicted octanol–water partition coefficient (Wildman–Crippen LogP) is 1.63. The number of hydrogen-bond acceptors (Lipinski definition) is 4. The van der Waals surface area contributed by atoms with Crippen LogP contribution >= 0.6 is 0 Å². The van der Waals surface area contributed by atoms with Crippen LogP contribution in [-0.4, -0.2) is 53.2 Å². The van der Waals surface area contributed by atoms with Gasteiger partial charge in [-0.1, -0.05) is 6.07 Å². The molecule has 6 heteroatoms. The molecule has 0 aliphatic carbocycles. The number of amides is 1. The molecular weight excluding hydrogens is 280 g/mol. The largest absolute Gasteiger partial charge is 0.366 e. The summed E-state index contributed by atoms with van der Waals surface area (Å²) < 4.78 is 7.57. The van der Waals surface area contributed by atoms with E-state index in [0.29, 0.717) is 19.1 Å². The molecule has 2 heterocycles. The van der Waals surface area contributed by atoms with Crippen molar-refractivity contribution in [2.75, 3.05) is 32.1 Å². The second-order valence-corrected chi connectivity index (χ2v) is 5.78. The van der Waals surface area contributed by atoms with Gasteiger partial charge in [-0.05, 0) is 38.6 Å². The summed E-state index contributed by atoms with van der Waals surface area (Å²) in [4.78, 5) is 19.1. The van der Waals surface area contributed by atoms with Gasteiger partial charge in [-0.2, -0.15) is 0 Å². The highest BCUT2D eigenvalue weighted by molar-refractivity contribution is 5.94. The van der Waals surface area contributed by atoms with E-state index >= 15 is 0 Å². The van der Waals surface area contributed by atoms with Crippen LogP contribution < -0.4 is 5.32 Å². The van der Waals surface area contributed by atoms with Crippen molar-refractivity contribution < 1.29 is 9.53 Å². The quantitative estimate of drug-likeness (QED) is 0.936. The van der Waals surface area contributed by atoms with Crippen molar-refractivity contribution in [1.29, 1.82) is 0 Å². The Bertz CT molecular complexity index is 695. The molecule has 0 bridgehead atoms. The second kappa shape index (κ2) is 6.06. The van der Waals surface area contributed by atoms with Gasteiger partial charge in [-0.3, -0.25) is 10.1 Å². The first-order valence-corrected chi connectivity index (χ1v) is 7.66. The number of morpholine rings is 1. The van der Waals surface area contributed by atoms with Crippen LogP contribution in [0, 0.1) is 6.92 Å². The predicted molar refractivity (Wildman–Crippen MR) is 86.0 cm³/mol. The second-order valence-electron chi connectivity index (χ2n) is 5.78. The maximum absolute atomic E-state index is 12.4. The molecule has 2 aromatic rings. The molecule has 1 aromatic heterocycles. The zero-order chi connectivity index (χ0) is 15.7. The molecule has 0 radical (unpaired) electrons. The molecule has 0 spiro atoms. The van der Waals surface area contributed by atoms with E-state index in [0.717, 1.165) is 29.7 Å². The van der Waals surface area contributed by atoms with Gasteiger partial charge in [0.1, 0.15) is 6.10 Å². The Labute approximate surface area is 130 Å². The molecule has 1 amide bonds. The van der Waals surface area contributed by atoms with Gasteiger partial charge in [0.2, 0.25) is 5.95 Å². The number of aromatic nitrogens is 2. The molecule has 1 aliphatic rings. The number of imidazole rings is 1. The van der Waals surface area contributed by atoms with Crippen molar-refractivity contribution in [2.45, 2.75) is 26.5 Å². The monoisotopic (exact) mass is 302 g/mol. The summed E-state index contributed by atoms with van der Waals surface area (Å²) in [5.74, 6) is 0.457. The van der Waals surface area contributed by atoms with E-state index in [4.69, 9.17) is 4.74 Å². The Morgan fingerprint density at radius 3 is 3.05 bits per heavy atom. The highest BCUT2D eigenvalue weighted by Gasteiger charge is 2.26. The number of anilines is 1. The third-order valence-corrected chi connectivity index (χ3v) is 4.02. The van der Waals surface area contributed by atoms with Gasteiger partial charge in [0.05, 0.1) is 17.6 Å². The number of nitrogens with one attached hydrogen (secondary N) is 1. The van der Waals surface area contributed by atoms with E-state index in [2.05, 4.69) is 21.3 Å². The fraction of sp³-hybridized carbons (Fsp3) is 0.500. The standard InChI is InChI=1S/C16H22N4O2/c1-4-20-13-6-5-11(2)9-12(13)17-16(20)18-15(21)14-10-19(3)7-8-22-14/h5-6,9,14H,4,7-8,10H2,1-3H3,(H,17,18,21)/t14-/m1/s1. The summed E-state index contributed by atoms with van der Waals surface area (Å²) in [6, 6.07) is 6.13. The summed E-state index contributed by atoms with van der Waals surface area (Å²) in [5.41, 5.74) is 3.09. The Morgan fingerprint density at radius 2 is 2.32 bits per heavy atom. The molecule has 3 rings (SSSR count). The molecule has 1 saturated heterocycles. The number of carbonyl (C=O) groups is 1. The molecule has 22 heavy (non-hydrogen) atoms. The molecule has 118 valence electrons. The van der Waals surface area contributed by atoms with Crippen molar-refractivity contribution in [3.63, 3.8) is 0 Å². The number of likely N-dealkylation sites (N-methyl/N-ethyl adjacent to an activating group) is 1. The summed E-state index contributed by atoms with van der Waals surface area (Å²) >= 11 is 0. The van der Waals surface area contributed by atoms with Gasteiger partial charge in [-0.15, -0.1) is 0 Å². The maximum atomic E-state index is 12.4. The third kappa shape index (κ3) is 2.84. The fourth-order valence-corrected chi connectivity index (χ4v) is 2.78. The van der Waals surface area contributed by atoms with E-state index < -0.39 is 6.10 Å². The van der Waals surface area contributed by atoms with Crippen LogP contribution in [0.4, 0.5) is 5.95 Å². The summed E-state index contributed by atoms with van der Waals surface area (Å²) in [7, 11) is 1.99. The lowest BCUT2D eigenvalue weighted by atomic mass is 10.2. The first-order chi connectivity index (χ1) is 10.6. The number of nitrogens with zero attached hydrogens (tertiary/aromatic N) is 3. The van der Waals surface area contributed by atoms with E-state index in [1.807, 2.05) is 37.6 Å². The number of aryl methyl sites for hydroxylation is 2. The van der Waals surface area contributed by atoms with Gasteiger partial charge in [-0.25, -0.2) is 4.98 Å². The Balaban J connectivity index is 1.85. The van der Waals surface area contributed by atoms with Crippen molar-refractivity contribution >= 4 is 22.9 Å². The van der Waals surface area contributed by atoms with E-state index in [-0.39, 0.29) is 5.91 Å². The van der Waals surface area contributed by atoms with Crippen molar-refractivity contribution in [2.24, 2.45) is 0 Å². The fourth-order valence-electron chi connectivity index (χ4n) is 2.78. The first kappa shape index (κ1) is 15.0. The molecule has 1 atom stereocenters. The van der Waals surface area contributed by atoms with Crippen LogP contribution in [-0.2, 0) is 16.1 Å². The van der Waals surface area contributed by atoms with Gasteiger partial charge >= 0.3 is 0 Å². The molecular formula is C16H22N4O2. The minimum Gasteiger partial charge on any atom is -0.366 e. The van der Waals surface area contributed by atoms with Crippen LogP contribution in [0.1, 0.15) is 12.5 Å². The van der Waals surface area contributed by atoms with Crippen LogP contribution in [0.15, 0.2) is 18.2 Å². The molecule has 1 aromatic carbocycles. The Kier molecular flexibility index (Phi) is 4.13. The molecule has 0 unspecified atom stereocenters. The highest BCUT2D eigenvalue weighted by Crippen LogP contribution is 2.21. The summed E-state index contributed by atoms with van der Waals surface area (Å²) in [5, 5.41) is 2.92. The molecule has 0 saturated carbocycles. The smallest absolute Gasteiger partial charge is 0.257 e. The van der Waals surface area contributed by atoms with E-state index in [1.54, 1.807) is 0 Å². The molecule has 1 N–H and O–H groups in total. The van der Waals surface area contributed by atoms with Crippen LogP contribution in [0.2, 0.25) is 0 Å². The van der Waals surface area contributed by atoms with Gasteiger partial charge in [0.15, 0.2) is 0 Å². The van der Waals surface area contributed by atoms with Crippen LogP contribution in [0.25, 0.3) is 11.0 Å². The Hall–Kier alpha value is -1.92. The summed E-state index contributed by atoms with van der Waals surface area (Å²) in [6.07, 6.45) is -0.439. The molecule has 1 aliphatic heterocycles. The normalized spacial score (nSPS) is 19.5. The minimum atomic E-state index is -0.439. The average Bonchev–Trinajstić information content (AvgIpc) is 2.83. The molecule has 1 fully saturated rings. The number of carbonyl (C=O) groups excluding carboxylic acids is 1. The minimum absolute atomic E-state index is 0.131. The number of benzene rings is 1. The van der Waals surface area contributed by atoms with Gasteiger partial charge < -0.3 is 14.2 Å². The lowest BCUT2D eigenvalue weighted by Crippen LogP contribution is -2.46. The topological polar surface area (TPSA) is 59.4 Å². The van der Waals surface area contributed by atoms with Crippen LogP contribution in [0.5, 0.6) is 0 Å². The lowest BCUT2D eigenvalue weighted by molar-refractivity contribution is -0.132. The maximum Gasteiger partial charge on any atom is 0.257 e. The average molecular weight is 302 g/mol. The number of fused-ring (bicyclic) bond motifs is 1. The third-order valence-electron chi connectivity index (χ3n) is 4.02. The van der Waals surface area contributed by atoms with Crippen molar-refractivity contribution in [3.05, 3.63) is 23.8 Å². The van der Waals surface area contributed by atoms with Crippen LogP contribution in [0.3, 0.4) is 0 Å². The zero-order valence-corrected chi connectivity index (χ0v) is 13.3. The number of rotatable bonds is 3. The van der Waals surface area contributed by atoms with Crippen molar-refractivity contribution in [1.82, 2.24) is 14.5 Å². The number of hydrogen-bond donors (Lipinski definition) is 1. The van der Waals surface area contributed by atoms with Gasteiger partial charge in [0.25, 0.3) is 5.91 Å². The first-order valence-electron chi connectivity index (χ1n) is 7.66. The summed E-state index contributed by atoms with van der Waals surface area (Å²) in [6.45, 7) is 6.88. The zero-order valence-electron chi connectivity index (χ0n) is 13.3. The highest BCUT2D eigenvalue weighted by atomic mass is 16.5. The Morgan fingerprint density at radius 1 is 1.50 bits per heavy atom. The molecule has 6 nitrogen and oxygen atoms in total. The SMILES string of the molecule is CCn1c(NC(=O)[C@H]2CN(C)CCO2)nc2cc(C)ccc21. The van der Waals surface area contributed by atoms with Gasteiger partial charge in [0, 0.05) is 19.6 Å². The number of ether oxygens (including phenoxy) is 1. The van der Waals surface area contributed by atoms with E-state index in [9.17, 15) is 4.79 Å². The van der Waals surface area contributed by atoms with Crippen molar-refractivity contribution in [3.8, 4) is 0 Å².